The van der Waals surface area contributed by atoms with E-state index in [1.807, 2.05) is 48.5 Å². The molecular formula is C22H19O3P. The molecule has 1 unspecified atom stereocenters. The van der Waals surface area contributed by atoms with E-state index < -0.39 is 20.0 Å². The van der Waals surface area contributed by atoms with Gasteiger partial charge in [0.1, 0.15) is 0 Å². The summed E-state index contributed by atoms with van der Waals surface area (Å²) in [6, 6.07) is 28.2. The Labute approximate surface area is 154 Å². The zero-order chi connectivity index (χ0) is 18.4. The van der Waals surface area contributed by atoms with E-state index in [-0.39, 0.29) is 0 Å². The van der Waals surface area contributed by atoms with Gasteiger partial charge in [-0.3, -0.25) is 4.79 Å². The third-order valence-electron chi connectivity index (χ3n) is 3.87. The fourth-order valence-corrected chi connectivity index (χ4v) is 4.89. The van der Waals surface area contributed by atoms with Crippen molar-refractivity contribution in [1.29, 1.82) is 0 Å². The Morgan fingerprint density at radius 2 is 1.27 bits per heavy atom. The second kappa shape index (κ2) is 8.55. The Balaban J connectivity index is 1.93. The molecule has 3 rings (SSSR count). The summed E-state index contributed by atoms with van der Waals surface area (Å²) in [5, 5.41) is 3.65. The standard InChI is InChI=1S/C22H19O3P/c1-17(16-23)25-22(24)18-12-14-21(15-13-18)26(19-8-4-2-5-9-19)20-10-6-3-7-11-20/h2-17H,1H3. The lowest BCUT2D eigenvalue weighted by atomic mass is 10.2. The van der Waals surface area contributed by atoms with Crippen LogP contribution in [0, 0.1) is 0 Å². The van der Waals surface area contributed by atoms with Gasteiger partial charge in [0.2, 0.25) is 0 Å². The molecule has 0 spiro atoms. The number of aldehydes is 1. The van der Waals surface area contributed by atoms with Crippen LogP contribution in [-0.2, 0) is 9.53 Å². The molecule has 3 aromatic carbocycles. The van der Waals surface area contributed by atoms with Gasteiger partial charge in [-0.1, -0.05) is 72.8 Å². The SMILES string of the molecule is CC(C=O)OC(=O)c1ccc(P(c2ccccc2)c2ccccc2)cc1. The van der Waals surface area contributed by atoms with Gasteiger partial charge in [-0.15, -0.1) is 0 Å². The molecule has 130 valence electrons. The van der Waals surface area contributed by atoms with E-state index in [0.29, 0.717) is 11.8 Å². The Morgan fingerprint density at radius 3 is 1.73 bits per heavy atom. The van der Waals surface area contributed by atoms with Gasteiger partial charge in [0.15, 0.2) is 12.4 Å². The highest BCUT2D eigenvalue weighted by molar-refractivity contribution is 7.79. The van der Waals surface area contributed by atoms with Crippen LogP contribution in [-0.4, -0.2) is 18.4 Å². The Kier molecular flexibility index (Phi) is 5.93. The van der Waals surface area contributed by atoms with Crippen molar-refractivity contribution in [2.75, 3.05) is 0 Å². The Morgan fingerprint density at radius 1 is 0.808 bits per heavy atom. The number of hydrogen-bond donors (Lipinski definition) is 0. The molecule has 3 aromatic rings. The van der Waals surface area contributed by atoms with Gasteiger partial charge in [0.05, 0.1) is 5.56 Å². The van der Waals surface area contributed by atoms with Gasteiger partial charge in [-0.05, 0) is 42.9 Å². The van der Waals surface area contributed by atoms with Crippen molar-refractivity contribution in [3.63, 3.8) is 0 Å². The Bertz CT molecular complexity index is 821. The van der Waals surface area contributed by atoms with Crippen LogP contribution >= 0.6 is 7.92 Å². The molecule has 0 radical (unpaired) electrons. The first kappa shape index (κ1) is 18.0. The lowest BCUT2D eigenvalue weighted by molar-refractivity contribution is -0.114. The number of benzene rings is 3. The van der Waals surface area contributed by atoms with Crippen molar-refractivity contribution < 1.29 is 14.3 Å². The lowest BCUT2D eigenvalue weighted by Crippen LogP contribution is -2.21. The van der Waals surface area contributed by atoms with E-state index >= 15 is 0 Å². The largest absolute Gasteiger partial charge is 0.451 e. The molecule has 0 aliphatic heterocycles. The smallest absolute Gasteiger partial charge is 0.338 e. The highest BCUT2D eigenvalue weighted by atomic mass is 31.1. The predicted molar refractivity (Wildman–Crippen MR) is 106 cm³/mol. The molecule has 0 aliphatic rings. The molecule has 0 fully saturated rings. The van der Waals surface area contributed by atoms with E-state index in [0.717, 1.165) is 5.30 Å². The van der Waals surface area contributed by atoms with Crippen LogP contribution in [0.1, 0.15) is 17.3 Å². The van der Waals surface area contributed by atoms with E-state index in [9.17, 15) is 9.59 Å². The fraction of sp³-hybridized carbons (Fsp3) is 0.0909. The number of ether oxygens (including phenoxy) is 1. The predicted octanol–water partition coefficient (Wildman–Crippen LogP) is 3.19. The van der Waals surface area contributed by atoms with Crippen molar-refractivity contribution in [3.05, 3.63) is 90.5 Å². The molecule has 0 saturated carbocycles. The molecule has 1 atom stereocenters. The number of esters is 1. The minimum Gasteiger partial charge on any atom is -0.451 e. The summed E-state index contributed by atoms with van der Waals surface area (Å²) in [6.45, 7) is 1.54. The number of hydrogen-bond acceptors (Lipinski definition) is 3. The topological polar surface area (TPSA) is 43.4 Å². The summed E-state index contributed by atoms with van der Waals surface area (Å²) in [6.07, 6.45) is -0.135. The molecule has 4 heteroatoms. The summed E-state index contributed by atoms with van der Waals surface area (Å²) in [4.78, 5) is 22.7. The first-order valence-corrected chi connectivity index (χ1v) is 9.70. The quantitative estimate of drug-likeness (QED) is 0.384. The number of carbonyl (C=O) groups excluding carboxylic acids is 2. The van der Waals surface area contributed by atoms with Crippen molar-refractivity contribution in [2.24, 2.45) is 0 Å². The molecule has 0 bridgehead atoms. The van der Waals surface area contributed by atoms with Gasteiger partial charge in [0.25, 0.3) is 0 Å². The van der Waals surface area contributed by atoms with Crippen LogP contribution in [0.3, 0.4) is 0 Å². The molecule has 0 heterocycles. The minimum atomic E-state index is -0.743. The van der Waals surface area contributed by atoms with Crippen LogP contribution in [0.25, 0.3) is 0 Å². The molecule has 0 aromatic heterocycles. The van der Waals surface area contributed by atoms with E-state index in [1.54, 1.807) is 19.1 Å². The molecule has 3 nitrogen and oxygen atoms in total. The second-order valence-corrected chi connectivity index (χ2v) is 8.02. The second-order valence-electron chi connectivity index (χ2n) is 5.80. The molecule has 0 N–H and O–H groups in total. The normalized spacial score (nSPS) is 11.8. The molecule has 26 heavy (non-hydrogen) atoms. The first-order chi connectivity index (χ1) is 12.7. The van der Waals surface area contributed by atoms with E-state index in [4.69, 9.17) is 4.74 Å². The maximum Gasteiger partial charge on any atom is 0.338 e. The number of carbonyl (C=O) groups is 2. The van der Waals surface area contributed by atoms with Gasteiger partial charge in [-0.2, -0.15) is 0 Å². The van der Waals surface area contributed by atoms with Crippen LogP contribution in [0.2, 0.25) is 0 Å². The maximum atomic E-state index is 12.1. The summed E-state index contributed by atoms with van der Waals surface area (Å²) < 4.78 is 5.05. The van der Waals surface area contributed by atoms with Crippen molar-refractivity contribution in [2.45, 2.75) is 13.0 Å². The average molecular weight is 362 g/mol. The zero-order valence-corrected chi connectivity index (χ0v) is 15.3. The minimum absolute atomic E-state index is 0.443. The Hall–Kier alpha value is -2.77. The van der Waals surface area contributed by atoms with Crippen LogP contribution in [0.4, 0.5) is 0 Å². The zero-order valence-electron chi connectivity index (χ0n) is 14.4. The summed E-state index contributed by atoms with van der Waals surface area (Å²) in [5.74, 6) is -0.486. The van der Waals surface area contributed by atoms with E-state index in [1.165, 1.54) is 10.6 Å². The third kappa shape index (κ3) is 4.25. The summed E-state index contributed by atoms with van der Waals surface area (Å²) in [5.41, 5.74) is 0.443. The fourth-order valence-electron chi connectivity index (χ4n) is 2.61. The monoisotopic (exact) mass is 362 g/mol. The third-order valence-corrected chi connectivity index (χ3v) is 6.32. The first-order valence-electron chi connectivity index (χ1n) is 8.35. The van der Waals surface area contributed by atoms with Gasteiger partial charge < -0.3 is 4.74 Å². The summed E-state index contributed by atoms with van der Waals surface area (Å²) >= 11 is 0. The number of rotatable bonds is 6. The molecule has 0 amide bonds. The van der Waals surface area contributed by atoms with Crippen LogP contribution in [0.5, 0.6) is 0 Å². The summed E-state index contributed by atoms with van der Waals surface area (Å²) in [7, 11) is -0.706. The van der Waals surface area contributed by atoms with Gasteiger partial charge in [-0.25, -0.2) is 4.79 Å². The van der Waals surface area contributed by atoms with Gasteiger partial charge >= 0.3 is 5.97 Å². The molecular weight excluding hydrogens is 343 g/mol. The van der Waals surface area contributed by atoms with Crippen molar-refractivity contribution >= 4 is 36.1 Å². The van der Waals surface area contributed by atoms with Crippen molar-refractivity contribution in [3.8, 4) is 0 Å². The maximum absolute atomic E-state index is 12.1. The van der Waals surface area contributed by atoms with E-state index in [2.05, 4.69) is 24.3 Å². The van der Waals surface area contributed by atoms with Gasteiger partial charge in [0, 0.05) is 0 Å². The average Bonchev–Trinajstić information content (AvgIpc) is 2.70. The van der Waals surface area contributed by atoms with Crippen molar-refractivity contribution in [1.82, 2.24) is 0 Å². The highest BCUT2D eigenvalue weighted by Gasteiger charge is 2.17. The molecule has 0 saturated heterocycles. The lowest BCUT2D eigenvalue weighted by Gasteiger charge is -2.19. The highest BCUT2D eigenvalue weighted by Crippen LogP contribution is 2.32. The van der Waals surface area contributed by atoms with Crippen LogP contribution < -0.4 is 15.9 Å². The van der Waals surface area contributed by atoms with Crippen LogP contribution in [0.15, 0.2) is 84.9 Å². The molecule has 0 aliphatic carbocycles.